The number of Topliss-reactive ketones (excluding diaryl/α,β-unsaturated/α-hetero) is 1. The Morgan fingerprint density at radius 2 is 2.29 bits per heavy atom. The Morgan fingerprint density at radius 3 is 2.71 bits per heavy atom. The Hall–Kier alpha value is -0.630. The van der Waals surface area contributed by atoms with E-state index in [-0.39, 0.29) is 11.2 Å². The number of carbonyl (C=O) groups is 1. The van der Waals surface area contributed by atoms with Gasteiger partial charge in [-0.15, -0.1) is 0 Å². The summed E-state index contributed by atoms with van der Waals surface area (Å²) in [5, 5.41) is 0. The lowest BCUT2D eigenvalue weighted by atomic mass is 9.77. The van der Waals surface area contributed by atoms with Crippen LogP contribution < -0.4 is 0 Å². The highest BCUT2D eigenvalue weighted by Gasteiger charge is 2.35. The predicted molar refractivity (Wildman–Crippen MR) is 57.2 cm³/mol. The monoisotopic (exact) mass is 196 g/mol. The first-order valence-corrected chi connectivity index (χ1v) is 5.36. The van der Waals surface area contributed by atoms with Gasteiger partial charge in [0.2, 0.25) is 0 Å². The molecule has 2 heteroatoms. The minimum Gasteiger partial charge on any atom is -0.381 e. The summed E-state index contributed by atoms with van der Waals surface area (Å²) in [4.78, 5) is 11.6. The maximum atomic E-state index is 11.6. The van der Waals surface area contributed by atoms with Gasteiger partial charge in [-0.2, -0.15) is 0 Å². The van der Waals surface area contributed by atoms with Gasteiger partial charge in [-0.05, 0) is 25.3 Å². The number of ketones is 1. The maximum Gasteiger partial charge on any atom is 0.158 e. The van der Waals surface area contributed by atoms with Crippen LogP contribution in [0.3, 0.4) is 0 Å². The van der Waals surface area contributed by atoms with E-state index in [0.29, 0.717) is 12.0 Å². The van der Waals surface area contributed by atoms with Crippen molar-refractivity contribution in [2.24, 2.45) is 5.41 Å². The number of hydrogen-bond acceptors (Lipinski definition) is 2. The molecule has 0 aliphatic carbocycles. The Balaban J connectivity index is 2.59. The summed E-state index contributed by atoms with van der Waals surface area (Å²) < 4.78 is 5.41. The van der Waals surface area contributed by atoms with E-state index in [1.165, 1.54) is 0 Å². The highest BCUT2D eigenvalue weighted by atomic mass is 16.5. The van der Waals surface area contributed by atoms with E-state index in [1.807, 2.05) is 0 Å². The molecule has 0 N–H and O–H groups in total. The smallest absolute Gasteiger partial charge is 0.158 e. The van der Waals surface area contributed by atoms with Crippen LogP contribution in [0, 0.1) is 5.41 Å². The molecule has 1 rings (SSSR count). The van der Waals surface area contributed by atoms with Crippen molar-refractivity contribution >= 4 is 5.78 Å². The van der Waals surface area contributed by atoms with Crippen LogP contribution in [0.15, 0.2) is 12.2 Å². The molecule has 0 saturated carbocycles. The summed E-state index contributed by atoms with van der Waals surface area (Å²) in [6.45, 7) is 9.20. The largest absolute Gasteiger partial charge is 0.381 e. The lowest BCUT2D eigenvalue weighted by molar-refractivity contribution is -0.117. The van der Waals surface area contributed by atoms with Crippen LogP contribution in [0.4, 0.5) is 0 Å². The molecule has 1 aliphatic heterocycles. The van der Waals surface area contributed by atoms with Crippen molar-refractivity contribution in [3.63, 3.8) is 0 Å². The third-order valence-electron chi connectivity index (χ3n) is 2.98. The van der Waals surface area contributed by atoms with Crippen LogP contribution in [0.2, 0.25) is 0 Å². The van der Waals surface area contributed by atoms with Crippen LogP contribution >= 0.6 is 0 Å². The zero-order valence-electron chi connectivity index (χ0n) is 9.27. The fraction of sp³-hybridized carbons (Fsp3) is 0.750. The molecule has 0 spiro atoms. The summed E-state index contributed by atoms with van der Waals surface area (Å²) in [5.41, 5.74) is 0.789. The van der Waals surface area contributed by atoms with E-state index >= 15 is 0 Å². The average molecular weight is 196 g/mol. The first-order chi connectivity index (χ1) is 6.59. The van der Waals surface area contributed by atoms with E-state index in [0.717, 1.165) is 32.5 Å². The molecule has 1 unspecified atom stereocenters. The Kier molecular flexibility index (Phi) is 3.87. The standard InChI is InChI=1S/C12H20O2/c1-4-5-12(6-7-14-9-12)8-11(13)10(2)3/h2,4-9H2,1,3H3. The third kappa shape index (κ3) is 2.68. The highest BCUT2D eigenvalue weighted by molar-refractivity contribution is 5.94. The quantitative estimate of drug-likeness (QED) is 0.632. The van der Waals surface area contributed by atoms with Gasteiger partial charge < -0.3 is 4.74 Å². The fourth-order valence-corrected chi connectivity index (χ4v) is 2.10. The summed E-state index contributed by atoms with van der Waals surface area (Å²) in [7, 11) is 0. The molecular weight excluding hydrogens is 176 g/mol. The maximum absolute atomic E-state index is 11.6. The van der Waals surface area contributed by atoms with Crippen LogP contribution in [0.5, 0.6) is 0 Å². The number of rotatable bonds is 5. The molecule has 0 amide bonds. The first-order valence-electron chi connectivity index (χ1n) is 5.36. The summed E-state index contributed by atoms with van der Waals surface area (Å²) in [6, 6.07) is 0. The molecule has 1 atom stereocenters. The van der Waals surface area contributed by atoms with Crippen molar-refractivity contribution < 1.29 is 9.53 Å². The minimum absolute atomic E-state index is 0.116. The van der Waals surface area contributed by atoms with Crippen molar-refractivity contribution in [3.8, 4) is 0 Å². The number of carbonyl (C=O) groups excluding carboxylic acids is 1. The van der Waals surface area contributed by atoms with Crippen molar-refractivity contribution in [1.29, 1.82) is 0 Å². The molecule has 0 aromatic rings. The lowest BCUT2D eigenvalue weighted by Crippen LogP contribution is -2.25. The predicted octanol–water partition coefficient (Wildman–Crippen LogP) is 2.73. The van der Waals surface area contributed by atoms with E-state index in [2.05, 4.69) is 13.5 Å². The molecule has 80 valence electrons. The van der Waals surface area contributed by atoms with Crippen molar-refractivity contribution in [1.82, 2.24) is 0 Å². The summed E-state index contributed by atoms with van der Waals surface area (Å²) in [5.74, 6) is 0.198. The third-order valence-corrected chi connectivity index (χ3v) is 2.98. The summed E-state index contributed by atoms with van der Waals surface area (Å²) >= 11 is 0. The van der Waals surface area contributed by atoms with Gasteiger partial charge in [0, 0.05) is 18.4 Å². The van der Waals surface area contributed by atoms with Gasteiger partial charge in [-0.3, -0.25) is 4.79 Å². The Morgan fingerprint density at radius 1 is 1.57 bits per heavy atom. The molecule has 1 saturated heterocycles. The minimum atomic E-state index is 0.116. The second kappa shape index (κ2) is 4.74. The molecule has 0 bridgehead atoms. The Labute approximate surface area is 86.3 Å². The van der Waals surface area contributed by atoms with Crippen LogP contribution in [-0.4, -0.2) is 19.0 Å². The van der Waals surface area contributed by atoms with E-state index in [1.54, 1.807) is 6.92 Å². The zero-order valence-corrected chi connectivity index (χ0v) is 9.27. The molecule has 0 radical (unpaired) electrons. The van der Waals surface area contributed by atoms with Gasteiger partial charge in [-0.25, -0.2) is 0 Å². The average Bonchev–Trinajstić information content (AvgIpc) is 2.54. The van der Waals surface area contributed by atoms with Gasteiger partial charge in [-0.1, -0.05) is 19.9 Å². The van der Waals surface area contributed by atoms with Crippen molar-refractivity contribution in [2.45, 2.75) is 39.5 Å². The molecule has 1 aliphatic rings. The zero-order chi connectivity index (χ0) is 10.6. The molecule has 14 heavy (non-hydrogen) atoms. The number of allylic oxidation sites excluding steroid dienone is 1. The van der Waals surface area contributed by atoms with Crippen LogP contribution in [0.25, 0.3) is 0 Å². The lowest BCUT2D eigenvalue weighted by Gasteiger charge is -2.25. The molecule has 1 fully saturated rings. The van der Waals surface area contributed by atoms with E-state index < -0.39 is 0 Å². The van der Waals surface area contributed by atoms with E-state index in [4.69, 9.17) is 4.74 Å². The Bertz CT molecular complexity index is 224. The number of ether oxygens (including phenoxy) is 1. The van der Waals surface area contributed by atoms with Gasteiger partial charge in [0.25, 0.3) is 0 Å². The number of hydrogen-bond donors (Lipinski definition) is 0. The second-order valence-corrected chi connectivity index (χ2v) is 4.43. The van der Waals surface area contributed by atoms with E-state index in [9.17, 15) is 4.79 Å². The first kappa shape index (κ1) is 11.4. The van der Waals surface area contributed by atoms with Gasteiger partial charge in [0.1, 0.15) is 0 Å². The van der Waals surface area contributed by atoms with Gasteiger partial charge in [0.15, 0.2) is 5.78 Å². The molecule has 0 aromatic heterocycles. The molecular formula is C12H20O2. The summed E-state index contributed by atoms with van der Waals surface area (Å²) in [6.07, 6.45) is 3.86. The fourth-order valence-electron chi connectivity index (χ4n) is 2.10. The topological polar surface area (TPSA) is 26.3 Å². The van der Waals surface area contributed by atoms with Crippen molar-refractivity contribution in [3.05, 3.63) is 12.2 Å². The van der Waals surface area contributed by atoms with Gasteiger partial charge >= 0.3 is 0 Å². The van der Waals surface area contributed by atoms with Crippen LogP contribution in [0.1, 0.15) is 39.5 Å². The van der Waals surface area contributed by atoms with Crippen LogP contribution in [-0.2, 0) is 9.53 Å². The molecule has 2 nitrogen and oxygen atoms in total. The molecule has 0 aromatic carbocycles. The normalized spacial score (nSPS) is 26.4. The van der Waals surface area contributed by atoms with Crippen molar-refractivity contribution in [2.75, 3.05) is 13.2 Å². The van der Waals surface area contributed by atoms with Gasteiger partial charge in [0.05, 0.1) is 6.61 Å². The molecule has 1 heterocycles. The second-order valence-electron chi connectivity index (χ2n) is 4.43. The highest BCUT2D eigenvalue weighted by Crippen LogP contribution is 2.37. The SMILES string of the molecule is C=C(C)C(=O)CC1(CCC)CCOC1.